The number of amides is 1. The van der Waals surface area contributed by atoms with Crippen LogP contribution in [0.5, 0.6) is 5.75 Å². The molecule has 1 aliphatic carbocycles. The maximum absolute atomic E-state index is 11.8. The van der Waals surface area contributed by atoms with E-state index in [0.717, 1.165) is 6.42 Å². The molecule has 0 spiro atoms. The Morgan fingerprint density at radius 3 is 2.61 bits per heavy atom. The van der Waals surface area contributed by atoms with Gasteiger partial charge in [0.25, 0.3) is 5.91 Å². The van der Waals surface area contributed by atoms with E-state index >= 15 is 0 Å². The maximum Gasteiger partial charge on any atom is 0.311 e. The summed E-state index contributed by atoms with van der Waals surface area (Å²) in [6, 6.07) is 1.29. The molecule has 0 aromatic carbocycles. The molecule has 1 aromatic heterocycles. The molecule has 18 heavy (non-hydrogen) atoms. The number of aromatic hydroxyl groups is 1. The van der Waals surface area contributed by atoms with Crippen LogP contribution in [0.25, 0.3) is 0 Å². The summed E-state index contributed by atoms with van der Waals surface area (Å²) in [6.07, 6.45) is 4.59. The number of hydrogen-bond acceptors (Lipinski definition) is 4. The van der Waals surface area contributed by atoms with Crippen molar-refractivity contribution >= 4 is 11.9 Å². The second-order valence-corrected chi connectivity index (χ2v) is 4.55. The van der Waals surface area contributed by atoms with Crippen molar-refractivity contribution in [2.45, 2.75) is 19.3 Å². The number of nitrogens with one attached hydrogen (secondary N) is 1. The van der Waals surface area contributed by atoms with Crippen LogP contribution in [0, 0.1) is 5.41 Å². The first kappa shape index (κ1) is 12.3. The van der Waals surface area contributed by atoms with E-state index in [1.807, 2.05) is 0 Å². The second-order valence-electron chi connectivity index (χ2n) is 4.55. The Hall–Kier alpha value is -2.11. The zero-order valence-corrected chi connectivity index (χ0v) is 9.72. The summed E-state index contributed by atoms with van der Waals surface area (Å²) >= 11 is 0. The van der Waals surface area contributed by atoms with Gasteiger partial charge < -0.3 is 15.5 Å². The third-order valence-corrected chi connectivity index (χ3v) is 3.34. The molecule has 2 rings (SSSR count). The van der Waals surface area contributed by atoms with Gasteiger partial charge in [0.1, 0.15) is 5.75 Å². The Balaban J connectivity index is 1.98. The molecule has 0 saturated heterocycles. The zero-order valence-electron chi connectivity index (χ0n) is 9.72. The fourth-order valence-corrected chi connectivity index (χ4v) is 1.97. The monoisotopic (exact) mass is 250 g/mol. The molecule has 1 saturated carbocycles. The molecular formula is C12H14N2O4. The van der Waals surface area contributed by atoms with Crippen LogP contribution in [-0.4, -0.2) is 33.6 Å². The molecule has 1 aliphatic rings. The Bertz CT molecular complexity index is 483. The van der Waals surface area contributed by atoms with Crippen molar-refractivity contribution in [2.75, 3.05) is 6.54 Å². The number of carboxylic acid groups (broad SMARTS) is 1. The van der Waals surface area contributed by atoms with Crippen LogP contribution in [-0.2, 0) is 4.79 Å². The van der Waals surface area contributed by atoms with Gasteiger partial charge in [0.2, 0.25) is 0 Å². The first-order chi connectivity index (χ1) is 8.53. The van der Waals surface area contributed by atoms with Gasteiger partial charge in [-0.2, -0.15) is 0 Å². The summed E-state index contributed by atoms with van der Waals surface area (Å²) in [5, 5.41) is 20.9. The van der Waals surface area contributed by atoms with E-state index in [2.05, 4.69) is 10.3 Å². The lowest BCUT2D eigenvalue weighted by Crippen LogP contribution is -2.47. The molecule has 1 heterocycles. The van der Waals surface area contributed by atoms with Crippen LogP contribution in [0.15, 0.2) is 18.5 Å². The Morgan fingerprint density at radius 2 is 2.11 bits per heavy atom. The number of carboxylic acids is 1. The third kappa shape index (κ3) is 2.27. The van der Waals surface area contributed by atoms with Gasteiger partial charge in [-0.3, -0.25) is 14.6 Å². The highest BCUT2D eigenvalue weighted by atomic mass is 16.4. The van der Waals surface area contributed by atoms with Crippen molar-refractivity contribution in [3.63, 3.8) is 0 Å². The van der Waals surface area contributed by atoms with Crippen molar-refractivity contribution in [3.05, 3.63) is 24.0 Å². The van der Waals surface area contributed by atoms with Crippen LogP contribution in [0.1, 0.15) is 29.6 Å². The van der Waals surface area contributed by atoms with E-state index in [0.29, 0.717) is 12.8 Å². The van der Waals surface area contributed by atoms with Gasteiger partial charge in [-0.1, -0.05) is 6.42 Å². The van der Waals surface area contributed by atoms with E-state index in [9.17, 15) is 14.7 Å². The highest BCUT2D eigenvalue weighted by Gasteiger charge is 2.44. The normalized spacial score (nSPS) is 16.7. The van der Waals surface area contributed by atoms with Crippen molar-refractivity contribution in [1.82, 2.24) is 10.3 Å². The van der Waals surface area contributed by atoms with Gasteiger partial charge in [0.05, 0.1) is 17.2 Å². The van der Waals surface area contributed by atoms with Gasteiger partial charge in [-0.05, 0) is 18.9 Å². The number of aromatic nitrogens is 1. The molecule has 0 atom stereocenters. The molecule has 0 aliphatic heterocycles. The fraction of sp³-hybridized carbons (Fsp3) is 0.417. The lowest BCUT2D eigenvalue weighted by atomic mass is 9.69. The Kier molecular flexibility index (Phi) is 3.18. The van der Waals surface area contributed by atoms with Gasteiger partial charge in [0, 0.05) is 12.7 Å². The minimum atomic E-state index is -0.872. The van der Waals surface area contributed by atoms with E-state index in [-0.39, 0.29) is 17.9 Å². The molecule has 0 unspecified atom stereocenters. The van der Waals surface area contributed by atoms with Crippen LogP contribution in [0.3, 0.4) is 0 Å². The van der Waals surface area contributed by atoms with Gasteiger partial charge in [0.15, 0.2) is 0 Å². The highest BCUT2D eigenvalue weighted by Crippen LogP contribution is 2.40. The molecule has 96 valence electrons. The third-order valence-electron chi connectivity index (χ3n) is 3.34. The lowest BCUT2D eigenvalue weighted by molar-refractivity contribution is -0.153. The van der Waals surface area contributed by atoms with Crippen LogP contribution >= 0.6 is 0 Å². The molecule has 1 aromatic rings. The molecular weight excluding hydrogens is 236 g/mol. The molecule has 6 heteroatoms. The van der Waals surface area contributed by atoms with Gasteiger partial charge >= 0.3 is 5.97 Å². The zero-order chi connectivity index (χ0) is 13.2. The van der Waals surface area contributed by atoms with Crippen LogP contribution in [0.4, 0.5) is 0 Å². The topological polar surface area (TPSA) is 99.5 Å². The molecule has 0 radical (unpaired) electrons. The van der Waals surface area contributed by atoms with Gasteiger partial charge in [-0.25, -0.2) is 0 Å². The second kappa shape index (κ2) is 4.64. The SMILES string of the molecule is O=C(NCC1(C(=O)O)CCC1)c1cncc(O)c1. The summed E-state index contributed by atoms with van der Waals surface area (Å²) < 4.78 is 0. The van der Waals surface area contributed by atoms with E-state index in [4.69, 9.17) is 5.11 Å². The first-order valence-electron chi connectivity index (χ1n) is 5.69. The average Bonchev–Trinajstić information content (AvgIpc) is 2.26. The first-order valence-corrected chi connectivity index (χ1v) is 5.69. The molecule has 3 N–H and O–H groups in total. The predicted octanol–water partition coefficient (Wildman–Crippen LogP) is 0.772. The summed E-state index contributed by atoms with van der Waals surface area (Å²) in [5.41, 5.74) is -0.602. The van der Waals surface area contributed by atoms with E-state index in [1.165, 1.54) is 18.5 Å². The highest BCUT2D eigenvalue weighted by molar-refractivity contribution is 5.94. The minimum absolute atomic E-state index is 0.0979. The number of pyridine rings is 1. The Labute approximate surface area is 104 Å². The smallest absolute Gasteiger partial charge is 0.311 e. The summed E-state index contributed by atoms with van der Waals surface area (Å²) in [5.74, 6) is -1.40. The number of aliphatic carboxylic acids is 1. The summed E-state index contributed by atoms with van der Waals surface area (Å²) in [7, 11) is 0. The predicted molar refractivity (Wildman–Crippen MR) is 62.2 cm³/mol. The quantitative estimate of drug-likeness (QED) is 0.733. The standard InChI is InChI=1S/C12H14N2O4/c15-9-4-8(5-13-6-9)10(16)14-7-12(11(17)18)2-1-3-12/h4-6,15H,1-3,7H2,(H,14,16)(H,17,18). The van der Waals surface area contributed by atoms with Gasteiger partial charge in [-0.15, -0.1) is 0 Å². The summed E-state index contributed by atoms with van der Waals surface area (Å²) in [6.45, 7) is 0.108. The van der Waals surface area contributed by atoms with Crippen LogP contribution in [0.2, 0.25) is 0 Å². The number of rotatable bonds is 4. The van der Waals surface area contributed by atoms with Crippen LogP contribution < -0.4 is 5.32 Å². The largest absolute Gasteiger partial charge is 0.506 e. The Morgan fingerprint density at radius 1 is 1.39 bits per heavy atom. The molecule has 0 bridgehead atoms. The lowest BCUT2D eigenvalue weighted by Gasteiger charge is -2.37. The molecule has 6 nitrogen and oxygen atoms in total. The molecule has 1 amide bonds. The number of nitrogens with zero attached hydrogens (tertiary/aromatic N) is 1. The van der Waals surface area contributed by atoms with Crippen molar-refractivity contribution < 1.29 is 19.8 Å². The fourth-order valence-electron chi connectivity index (χ4n) is 1.97. The number of carbonyl (C=O) groups is 2. The summed E-state index contributed by atoms with van der Waals surface area (Å²) in [4.78, 5) is 26.5. The maximum atomic E-state index is 11.8. The van der Waals surface area contributed by atoms with Crippen molar-refractivity contribution in [1.29, 1.82) is 0 Å². The average molecular weight is 250 g/mol. The minimum Gasteiger partial charge on any atom is -0.506 e. The van der Waals surface area contributed by atoms with Crippen molar-refractivity contribution in [2.24, 2.45) is 5.41 Å². The molecule has 1 fully saturated rings. The number of carbonyl (C=O) groups excluding carboxylic acids is 1. The van der Waals surface area contributed by atoms with E-state index in [1.54, 1.807) is 0 Å². The van der Waals surface area contributed by atoms with Crippen molar-refractivity contribution in [3.8, 4) is 5.75 Å². The van der Waals surface area contributed by atoms with E-state index < -0.39 is 17.3 Å². The number of hydrogen-bond donors (Lipinski definition) is 3.